The van der Waals surface area contributed by atoms with Crippen LogP contribution in [0.4, 0.5) is 0 Å². The largest absolute Gasteiger partial charge is 0.115 e. The van der Waals surface area contributed by atoms with Crippen molar-refractivity contribution in [2.45, 2.75) is 6.92 Å². The molecule has 242 valence electrons. The average Bonchev–Trinajstić information content (AvgIpc) is 3.28. The van der Waals surface area contributed by atoms with E-state index in [9.17, 15) is 0 Å². The summed E-state index contributed by atoms with van der Waals surface area (Å²) >= 11 is 0. The fourth-order valence-electron chi connectivity index (χ4n) is 9.35. The molecule has 25 heteroatoms. The first-order valence-electron chi connectivity index (χ1n) is 19.5. The van der Waals surface area contributed by atoms with E-state index in [4.69, 9.17) is 196 Å². The Hall–Kier alpha value is -3.58. The van der Waals surface area contributed by atoms with Crippen molar-refractivity contribution in [2.75, 3.05) is 0 Å². The van der Waals surface area contributed by atoms with Crippen molar-refractivity contribution in [1.82, 2.24) is 0 Å². The minimum absolute atomic E-state index is 0.00812. The molecule has 66 heavy (non-hydrogen) atoms. The van der Waals surface area contributed by atoms with Gasteiger partial charge in [0, 0.05) is 0 Å². The lowest BCUT2D eigenvalue weighted by molar-refractivity contribution is 1.56. The Morgan fingerprint density at radius 2 is 0.318 bits per heavy atom. The monoisotopic (exact) mass is 770 g/mol. The van der Waals surface area contributed by atoms with E-state index < -0.39 is 0 Å². The van der Waals surface area contributed by atoms with E-state index >= 15 is 0 Å². The molecule has 0 spiro atoms. The number of hydrogen-bond acceptors (Lipinski definition) is 0. The highest BCUT2D eigenvalue weighted by Gasteiger charge is 2.31. The third-order valence-corrected chi connectivity index (χ3v) is 13.0. The van der Waals surface area contributed by atoms with Crippen LogP contribution in [-0.2, 0) is 0 Å². The van der Waals surface area contributed by atoms with Crippen LogP contribution < -0.4 is 137 Å². The van der Waals surface area contributed by atoms with E-state index in [0.717, 1.165) is 0 Å². The molecule has 0 aliphatic carbocycles. The Morgan fingerprint density at radius 1 is 0.136 bits per heavy atom. The maximum absolute atomic E-state index is 7.25. The van der Waals surface area contributed by atoms with Crippen LogP contribution in [0.15, 0.2) is 0 Å². The standard InChI is InChI=1S/C41H3B25/c1-2-3(10-27(52)39(64)41(66)40(65)28(10)53)4-5(11-18(43)13-15(25(50)23(11)48)31(56)37(62)35(60)29(13)54)8-9(22(47)34(59)33(58)21(8)46)6(7(4)20(45)17(2)42)12-19(44)14-16(26(51)24(12)49)32(57)38(63)36(61)30(14)55/h1H3. The molecule has 0 fully saturated rings. The summed E-state index contributed by atoms with van der Waals surface area (Å²) in [5, 5.41) is 0.428. The summed E-state index contributed by atoms with van der Waals surface area (Å²) < 4.78 is 0. The normalized spacial score (nSPS) is 11.7. The predicted molar refractivity (Wildman–Crippen MR) is 312 cm³/mol. The molecule has 8 rings (SSSR count). The topological polar surface area (TPSA) is 0 Å². The van der Waals surface area contributed by atoms with Gasteiger partial charge in [-0.05, 0) is 83.4 Å². The van der Waals surface area contributed by atoms with Crippen molar-refractivity contribution in [3.05, 3.63) is 5.56 Å². The van der Waals surface area contributed by atoms with Gasteiger partial charge < -0.3 is 0 Å². The Bertz CT molecular complexity index is 3620. The maximum Gasteiger partial charge on any atom is 0.115 e. The van der Waals surface area contributed by atoms with Crippen LogP contribution >= 0.6 is 0 Å². The second-order valence-corrected chi connectivity index (χ2v) is 16.2. The fraction of sp³-hybridized carbons (Fsp3) is 0.0244. The third-order valence-electron chi connectivity index (χ3n) is 13.0. The van der Waals surface area contributed by atoms with Crippen LogP contribution in [0.2, 0.25) is 0 Å². The van der Waals surface area contributed by atoms with Crippen molar-refractivity contribution in [1.29, 1.82) is 0 Å². The quantitative estimate of drug-likeness (QED) is 0.124. The van der Waals surface area contributed by atoms with Gasteiger partial charge in [-0.2, -0.15) is 0 Å². The number of rotatable bonds is 3. The highest BCUT2D eigenvalue weighted by Crippen LogP contribution is 2.44. The van der Waals surface area contributed by atoms with Gasteiger partial charge in [-0.3, -0.25) is 0 Å². The summed E-state index contributed by atoms with van der Waals surface area (Å²) in [6.45, 7) is 1.63. The molecule has 0 unspecified atom stereocenters. The van der Waals surface area contributed by atoms with Crippen LogP contribution in [0.3, 0.4) is 0 Å². The van der Waals surface area contributed by atoms with Gasteiger partial charge in [-0.1, -0.05) is 93.0 Å². The summed E-state index contributed by atoms with van der Waals surface area (Å²) in [7, 11) is 169. The molecule has 0 nitrogen and oxygen atoms in total. The van der Waals surface area contributed by atoms with Gasteiger partial charge in [-0.15, -0.1) is 49.2 Å². The van der Waals surface area contributed by atoms with Gasteiger partial charge in [0.25, 0.3) is 0 Å². The first-order valence-corrected chi connectivity index (χ1v) is 19.5. The molecule has 0 heterocycles. The number of fused-ring (bicyclic) bond motifs is 4. The molecule has 0 saturated heterocycles. The lowest BCUT2D eigenvalue weighted by atomic mass is 9.55. The van der Waals surface area contributed by atoms with Crippen LogP contribution in [0.1, 0.15) is 5.56 Å². The molecule has 0 atom stereocenters. The highest BCUT2D eigenvalue weighted by molar-refractivity contribution is 6.77. The molecular formula is C41H3B25. The van der Waals surface area contributed by atoms with Crippen LogP contribution in [0.5, 0.6) is 0 Å². The zero-order valence-electron chi connectivity index (χ0n) is 35.4. The molecule has 0 aromatic heterocycles. The Balaban J connectivity index is 1.87. The van der Waals surface area contributed by atoms with Crippen molar-refractivity contribution in [3.63, 3.8) is 0 Å². The van der Waals surface area contributed by atoms with Crippen molar-refractivity contribution >= 4 is 376 Å². The summed E-state index contributed by atoms with van der Waals surface area (Å²) in [6, 6.07) is 0. The molecule has 0 amide bonds. The van der Waals surface area contributed by atoms with Crippen LogP contribution in [0, 0.1) is 6.92 Å². The van der Waals surface area contributed by atoms with Crippen LogP contribution in [0.25, 0.3) is 76.5 Å². The first-order chi connectivity index (χ1) is 30.7. The molecule has 8 aromatic carbocycles. The van der Waals surface area contributed by atoms with E-state index in [1.165, 1.54) is 0 Å². The minimum atomic E-state index is -0.181. The minimum Gasteiger partial charge on any atom is -0.112 e. The smallest absolute Gasteiger partial charge is 0.112 e. The molecule has 0 aliphatic heterocycles. The Labute approximate surface area is 418 Å². The van der Waals surface area contributed by atoms with Crippen molar-refractivity contribution in [3.8, 4) is 33.4 Å². The van der Waals surface area contributed by atoms with Crippen LogP contribution in [-0.4, -0.2) is 196 Å². The number of benzene rings is 8. The van der Waals surface area contributed by atoms with E-state index in [1.54, 1.807) is 6.92 Å². The van der Waals surface area contributed by atoms with E-state index in [2.05, 4.69) is 0 Å². The van der Waals surface area contributed by atoms with Gasteiger partial charge in [0.15, 0.2) is 0 Å². The average molecular weight is 766 g/mol. The van der Waals surface area contributed by atoms with E-state index in [0.29, 0.717) is 0 Å². The van der Waals surface area contributed by atoms with Crippen molar-refractivity contribution in [2.24, 2.45) is 0 Å². The number of hydrogen-bond donors (Lipinski definition) is 0. The van der Waals surface area contributed by atoms with Gasteiger partial charge >= 0.3 is 0 Å². The van der Waals surface area contributed by atoms with E-state index in [-0.39, 0.29) is 219 Å². The Morgan fingerprint density at radius 3 is 0.652 bits per heavy atom. The second kappa shape index (κ2) is 16.5. The third kappa shape index (κ3) is 6.27. The van der Waals surface area contributed by atoms with Gasteiger partial charge in [0.1, 0.15) is 196 Å². The zero-order chi connectivity index (χ0) is 49.1. The van der Waals surface area contributed by atoms with Gasteiger partial charge in [-0.25, -0.2) is 0 Å². The Kier molecular flexibility index (Phi) is 12.2. The predicted octanol–water partition coefficient (Wildman–Crippen LogP) is -18.5. The lowest BCUT2D eigenvalue weighted by Crippen LogP contribution is -2.55. The lowest BCUT2D eigenvalue weighted by Gasteiger charge is -2.34. The summed E-state index contributed by atoms with van der Waals surface area (Å²) in [5.41, 5.74) is -2.63. The molecule has 0 bridgehead atoms. The molecule has 0 aliphatic rings. The molecule has 50 radical (unpaired) electrons. The highest BCUT2D eigenvalue weighted by atomic mass is 14.3. The van der Waals surface area contributed by atoms with E-state index in [1.807, 2.05) is 0 Å². The zero-order valence-corrected chi connectivity index (χ0v) is 35.4. The van der Waals surface area contributed by atoms with Crippen molar-refractivity contribution < 1.29 is 0 Å². The fourth-order valence-corrected chi connectivity index (χ4v) is 9.35. The molecule has 0 saturated carbocycles. The first kappa shape index (κ1) is 48.9. The molecular weight excluding hydrogens is 763 g/mol. The van der Waals surface area contributed by atoms with Gasteiger partial charge in [0.2, 0.25) is 0 Å². The summed E-state index contributed by atoms with van der Waals surface area (Å²) in [4.78, 5) is 0. The SMILES string of the molecule is [B]c1c([B])c([B])c(-c2c(C)c([B])c([B])c3c(-c4c([B])c([B])c5c([B])c([B])c([B])c([B])c5c4[B])c4c([B])c([B])c([B])c([B])c4c(-c4c([B])c([B])c5c([B])c([B])c([B])c([B])c5c4[B])c23)c([B])c1[B]. The summed E-state index contributed by atoms with van der Waals surface area (Å²) in [6.07, 6.45) is 0. The second-order valence-electron chi connectivity index (χ2n) is 16.2. The molecule has 8 aromatic rings. The summed E-state index contributed by atoms with van der Waals surface area (Å²) in [5.74, 6) is 0. The maximum atomic E-state index is 7.25. The van der Waals surface area contributed by atoms with Gasteiger partial charge in [0.05, 0.1) is 0 Å². The molecule has 0 N–H and O–H groups in total.